The number of hydrogen-bond donors (Lipinski definition) is 1. The van der Waals surface area contributed by atoms with Crippen molar-refractivity contribution in [2.75, 3.05) is 10.6 Å². The van der Waals surface area contributed by atoms with Crippen LogP contribution < -0.4 is 9.62 Å². The number of hydrogen-bond acceptors (Lipinski definition) is 3. The summed E-state index contributed by atoms with van der Waals surface area (Å²) in [5, 5.41) is 3.43. The highest BCUT2D eigenvalue weighted by Crippen LogP contribution is 2.33. The summed E-state index contributed by atoms with van der Waals surface area (Å²) in [4.78, 5) is 13.0. The lowest BCUT2D eigenvalue weighted by molar-refractivity contribution is -0.122. The number of carbonyl (C=O) groups is 1. The van der Waals surface area contributed by atoms with Crippen molar-refractivity contribution in [2.24, 2.45) is 0 Å². The van der Waals surface area contributed by atoms with Gasteiger partial charge in [-0.05, 0) is 44.0 Å². The van der Waals surface area contributed by atoms with Gasteiger partial charge in [0.2, 0.25) is 15.9 Å². The first-order valence-electron chi connectivity index (χ1n) is 8.86. The molecular formula is C20H24Cl2N2O3S. The summed E-state index contributed by atoms with van der Waals surface area (Å²) in [6.45, 7) is 5.59. The molecule has 0 unspecified atom stereocenters. The van der Waals surface area contributed by atoms with E-state index in [4.69, 9.17) is 23.2 Å². The van der Waals surface area contributed by atoms with Gasteiger partial charge >= 0.3 is 0 Å². The Morgan fingerprint density at radius 3 is 2.29 bits per heavy atom. The molecule has 5 nitrogen and oxygen atoms in total. The van der Waals surface area contributed by atoms with E-state index in [0.717, 1.165) is 21.7 Å². The van der Waals surface area contributed by atoms with Gasteiger partial charge in [0.05, 0.1) is 23.0 Å². The molecule has 0 spiro atoms. The first-order chi connectivity index (χ1) is 13.0. The number of halogens is 2. The van der Waals surface area contributed by atoms with Crippen LogP contribution in [0.1, 0.15) is 37.4 Å². The first-order valence-corrected chi connectivity index (χ1v) is 11.5. The van der Waals surface area contributed by atoms with E-state index in [1.807, 2.05) is 38.1 Å². The van der Waals surface area contributed by atoms with Crippen LogP contribution in [0, 0.1) is 6.92 Å². The maximum Gasteiger partial charge on any atom is 0.244 e. The van der Waals surface area contributed by atoms with E-state index in [9.17, 15) is 13.2 Å². The largest absolute Gasteiger partial charge is 0.348 e. The summed E-state index contributed by atoms with van der Waals surface area (Å²) in [5.41, 5.74) is 2.23. The van der Waals surface area contributed by atoms with Crippen LogP contribution in [-0.4, -0.2) is 26.6 Å². The SMILES string of the molecule is CC[C@H](C(=O)N[C@@H](C)c1ccc(C)cc1)N(c1cc(Cl)ccc1Cl)S(C)(=O)=O. The van der Waals surface area contributed by atoms with Gasteiger partial charge < -0.3 is 5.32 Å². The summed E-state index contributed by atoms with van der Waals surface area (Å²) in [5.74, 6) is -0.406. The average Bonchev–Trinajstić information content (AvgIpc) is 2.61. The molecule has 2 aromatic rings. The Balaban J connectivity index is 2.36. The molecule has 0 aromatic heterocycles. The Hall–Kier alpha value is -1.76. The molecule has 0 aliphatic heterocycles. The summed E-state index contributed by atoms with van der Waals surface area (Å²) >= 11 is 12.3. The second-order valence-electron chi connectivity index (χ2n) is 6.72. The van der Waals surface area contributed by atoms with Gasteiger partial charge in [-0.15, -0.1) is 0 Å². The molecule has 0 bridgehead atoms. The number of sulfonamides is 1. The highest BCUT2D eigenvalue weighted by atomic mass is 35.5. The van der Waals surface area contributed by atoms with Gasteiger partial charge in [-0.25, -0.2) is 8.42 Å². The van der Waals surface area contributed by atoms with Crippen molar-refractivity contribution < 1.29 is 13.2 Å². The fraction of sp³-hybridized carbons (Fsp3) is 0.350. The average molecular weight is 443 g/mol. The standard InChI is InChI=1S/C20H24Cl2N2O3S/c1-5-18(20(25)23-14(3)15-8-6-13(2)7-9-15)24(28(4,26)27)19-12-16(21)10-11-17(19)22/h6-12,14,18H,5H2,1-4H3,(H,23,25)/t14-,18+/m0/s1. The van der Waals surface area contributed by atoms with Crippen molar-refractivity contribution in [3.8, 4) is 0 Å². The molecule has 0 aliphatic rings. The molecule has 152 valence electrons. The van der Waals surface area contributed by atoms with Crippen molar-refractivity contribution in [3.05, 3.63) is 63.6 Å². The molecule has 0 heterocycles. The van der Waals surface area contributed by atoms with Crippen LogP contribution >= 0.6 is 23.2 Å². The molecule has 1 amide bonds. The number of benzene rings is 2. The minimum Gasteiger partial charge on any atom is -0.348 e. The summed E-state index contributed by atoms with van der Waals surface area (Å²) < 4.78 is 26.1. The lowest BCUT2D eigenvalue weighted by atomic mass is 10.1. The minimum atomic E-state index is -3.79. The van der Waals surface area contributed by atoms with Crippen LogP contribution in [0.4, 0.5) is 5.69 Å². The smallest absolute Gasteiger partial charge is 0.244 e. The van der Waals surface area contributed by atoms with Gasteiger partial charge in [0.1, 0.15) is 6.04 Å². The van der Waals surface area contributed by atoms with Crippen molar-refractivity contribution >= 4 is 44.8 Å². The lowest BCUT2D eigenvalue weighted by Gasteiger charge is -2.31. The Morgan fingerprint density at radius 1 is 1.14 bits per heavy atom. The van der Waals surface area contributed by atoms with Gasteiger partial charge in [0.15, 0.2) is 0 Å². The van der Waals surface area contributed by atoms with E-state index in [1.165, 1.54) is 12.1 Å². The van der Waals surface area contributed by atoms with E-state index in [-0.39, 0.29) is 23.2 Å². The zero-order valence-corrected chi connectivity index (χ0v) is 18.6. The monoisotopic (exact) mass is 442 g/mol. The van der Waals surface area contributed by atoms with E-state index < -0.39 is 22.0 Å². The van der Waals surface area contributed by atoms with Gasteiger partial charge in [0, 0.05) is 5.02 Å². The second kappa shape index (κ2) is 9.16. The molecular weight excluding hydrogens is 419 g/mol. The van der Waals surface area contributed by atoms with E-state index in [1.54, 1.807) is 13.0 Å². The maximum atomic E-state index is 13.0. The van der Waals surface area contributed by atoms with Gasteiger partial charge in [-0.1, -0.05) is 60.0 Å². The number of rotatable bonds is 7. The number of nitrogens with one attached hydrogen (secondary N) is 1. The number of amides is 1. The number of aryl methyl sites for hydroxylation is 1. The van der Waals surface area contributed by atoms with Crippen molar-refractivity contribution in [2.45, 2.75) is 39.3 Å². The van der Waals surface area contributed by atoms with Gasteiger partial charge in [0.25, 0.3) is 0 Å². The molecule has 2 rings (SSSR count). The van der Waals surface area contributed by atoms with Crippen LogP contribution in [0.25, 0.3) is 0 Å². The molecule has 8 heteroatoms. The third-order valence-corrected chi connectivity index (χ3v) is 6.13. The van der Waals surface area contributed by atoms with Gasteiger partial charge in [-0.2, -0.15) is 0 Å². The van der Waals surface area contributed by atoms with Crippen LogP contribution in [0.2, 0.25) is 10.0 Å². The summed E-state index contributed by atoms with van der Waals surface area (Å²) in [6.07, 6.45) is 1.31. The molecule has 0 radical (unpaired) electrons. The number of nitrogens with zero attached hydrogens (tertiary/aromatic N) is 1. The van der Waals surface area contributed by atoms with Crippen molar-refractivity contribution in [1.82, 2.24) is 5.32 Å². The fourth-order valence-electron chi connectivity index (χ4n) is 2.94. The zero-order chi connectivity index (χ0) is 21.1. The van der Waals surface area contributed by atoms with Crippen LogP contribution in [-0.2, 0) is 14.8 Å². The molecule has 0 saturated carbocycles. The molecule has 28 heavy (non-hydrogen) atoms. The third kappa shape index (κ3) is 5.40. The minimum absolute atomic E-state index is 0.182. The summed E-state index contributed by atoms with van der Waals surface area (Å²) in [6, 6.07) is 11.1. The molecule has 0 aliphatic carbocycles. The molecule has 0 saturated heterocycles. The van der Waals surface area contributed by atoms with E-state index >= 15 is 0 Å². The van der Waals surface area contributed by atoms with Crippen molar-refractivity contribution in [1.29, 1.82) is 0 Å². The Morgan fingerprint density at radius 2 is 1.75 bits per heavy atom. The maximum absolute atomic E-state index is 13.0. The van der Waals surface area contributed by atoms with Crippen molar-refractivity contribution in [3.63, 3.8) is 0 Å². The Bertz CT molecular complexity index is 946. The molecule has 1 N–H and O–H groups in total. The van der Waals surface area contributed by atoms with E-state index in [2.05, 4.69) is 5.32 Å². The van der Waals surface area contributed by atoms with E-state index in [0.29, 0.717) is 5.02 Å². The predicted octanol–water partition coefficient (Wildman–Crippen LogP) is 4.72. The Labute approximate surface area is 176 Å². The quantitative estimate of drug-likeness (QED) is 0.673. The highest BCUT2D eigenvalue weighted by Gasteiger charge is 2.33. The second-order valence-corrected chi connectivity index (χ2v) is 9.42. The highest BCUT2D eigenvalue weighted by molar-refractivity contribution is 7.92. The fourth-order valence-corrected chi connectivity index (χ4v) is 4.58. The number of anilines is 1. The Kier molecular flexibility index (Phi) is 7.37. The summed E-state index contributed by atoms with van der Waals surface area (Å²) in [7, 11) is -3.79. The molecule has 0 fully saturated rings. The van der Waals surface area contributed by atoms with Crippen LogP contribution in [0.15, 0.2) is 42.5 Å². The van der Waals surface area contributed by atoms with Crippen LogP contribution in [0.3, 0.4) is 0 Å². The molecule has 2 aromatic carbocycles. The molecule has 2 atom stereocenters. The first kappa shape index (κ1) is 22.5. The zero-order valence-electron chi connectivity index (χ0n) is 16.2. The van der Waals surface area contributed by atoms with Crippen LogP contribution in [0.5, 0.6) is 0 Å². The topological polar surface area (TPSA) is 66.5 Å². The predicted molar refractivity (Wildman–Crippen MR) is 116 cm³/mol. The van der Waals surface area contributed by atoms with Gasteiger partial charge in [-0.3, -0.25) is 9.10 Å². The third-order valence-electron chi connectivity index (χ3n) is 4.41. The lowest BCUT2D eigenvalue weighted by Crippen LogP contribution is -2.49. The normalized spacial score (nSPS) is 13.6. The number of carbonyl (C=O) groups excluding carboxylic acids is 1.